The fourth-order valence-corrected chi connectivity index (χ4v) is 3.60. The number of carbonyl (C=O) groups is 1. The molecule has 4 atom stereocenters. The van der Waals surface area contributed by atoms with Gasteiger partial charge in [-0.15, -0.1) is 0 Å². The highest BCUT2D eigenvalue weighted by Gasteiger charge is 2.34. The molecule has 0 spiro atoms. The highest BCUT2D eigenvalue weighted by molar-refractivity contribution is 5.82. The topological polar surface area (TPSA) is 69.8 Å². The Kier molecular flexibility index (Phi) is 4.05. The van der Waals surface area contributed by atoms with Crippen LogP contribution in [0.15, 0.2) is 12.4 Å². The normalized spacial score (nSPS) is 31.4. The molecule has 2 fully saturated rings. The van der Waals surface area contributed by atoms with Gasteiger partial charge >= 0.3 is 0 Å². The SMILES string of the molecule is CC(NC(=O)C1CCC2CCCCC2N1)c1ncc[nH]1. The van der Waals surface area contributed by atoms with Crippen molar-refractivity contribution in [2.45, 2.75) is 63.6 Å². The third-order valence-corrected chi connectivity index (χ3v) is 4.76. The number of nitrogens with one attached hydrogen (secondary N) is 3. The fourth-order valence-electron chi connectivity index (χ4n) is 3.60. The van der Waals surface area contributed by atoms with E-state index in [1.165, 1.54) is 32.1 Å². The molecule has 5 heteroatoms. The largest absolute Gasteiger partial charge is 0.347 e. The number of rotatable bonds is 3. The summed E-state index contributed by atoms with van der Waals surface area (Å²) in [5.74, 6) is 1.71. The monoisotopic (exact) mass is 276 g/mol. The van der Waals surface area contributed by atoms with Gasteiger partial charge in [-0.3, -0.25) is 4.79 Å². The predicted molar refractivity (Wildman–Crippen MR) is 77.0 cm³/mol. The van der Waals surface area contributed by atoms with Gasteiger partial charge < -0.3 is 15.6 Å². The first-order chi connectivity index (χ1) is 9.74. The maximum absolute atomic E-state index is 12.4. The summed E-state index contributed by atoms with van der Waals surface area (Å²) in [7, 11) is 0. The zero-order chi connectivity index (χ0) is 13.9. The number of hydrogen-bond acceptors (Lipinski definition) is 3. The number of H-pyrrole nitrogens is 1. The van der Waals surface area contributed by atoms with E-state index in [2.05, 4.69) is 20.6 Å². The minimum Gasteiger partial charge on any atom is -0.347 e. The molecule has 3 rings (SSSR count). The molecule has 3 N–H and O–H groups in total. The molecule has 0 aromatic carbocycles. The van der Waals surface area contributed by atoms with E-state index < -0.39 is 0 Å². The molecule has 4 unspecified atom stereocenters. The van der Waals surface area contributed by atoms with Crippen LogP contribution < -0.4 is 10.6 Å². The van der Waals surface area contributed by atoms with Crippen LogP contribution in [-0.2, 0) is 4.79 Å². The first kappa shape index (κ1) is 13.6. The maximum Gasteiger partial charge on any atom is 0.237 e. The zero-order valence-corrected chi connectivity index (χ0v) is 12.1. The second-order valence-electron chi connectivity index (χ2n) is 6.15. The molecule has 1 saturated carbocycles. The summed E-state index contributed by atoms with van der Waals surface area (Å²) >= 11 is 0. The van der Waals surface area contributed by atoms with Gasteiger partial charge in [0, 0.05) is 18.4 Å². The van der Waals surface area contributed by atoms with E-state index in [4.69, 9.17) is 0 Å². The molecule has 1 aromatic rings. The second-order valence-corrected chi connectivity index (χ2v) is 6.15. The van der Waals surface area contributed by atoms with Gasteiger partial charge in [-0.25, -0.2) is 4.98 Å². The van der Waals surface area contributed by atoms with E-state index in [9.17, 15) is 4.79 Å². The Hall–Kier alpha value is -1.36. The van der Waals surface area contributed by atoms with E-state index in [1.54, 1.807) is 12.4 Å². The van der Waals surface area contributed by atoms with Crippen LogP contribution in [0, 0.1) is 5.92 Å². The molecule has 1 amide bonds. The summed E-state index contributed by atoms with van der Waals surface area (Å²) in [5.41, 5.74) is 0. The Balaban J connectivity index is 1.55. The lowest BCUT2D eigenvalue weighted by Crippen LogP contribution is -2.55. The predicted octanol–water partition coefficient (Wildman–Crippen LogP) is 1.90. The van der Waals surface area contributed by atoms with E-state index in [1.807, 2.05) is 6.92 Å². The number of carbonyl (C=O) groups excluding carboxylic acids is 1. The lowest BCUT2D eigenvalue weighted by atomic mass is 9.77. The number of aromatic nitrogens is 2. The van der Waals surface area contributed by atoms with E-state index in [-0.39, 0.29) is 18.0 Å². The van der Waals surface area contributed by atoms with Gasteiger partial charge in [-0.1, -0.05) is 12.8 Å². The molecule has 1 saturated heterocycles. The van der Waals surface area contributed by atoms with E-state index >= 15 is 0 Å². The molecule has 0 radical (unpaired) electrons. The van der Waals surface area contributed by atoms with Crippen molar-refractivity contribution in [1.82, 2.24) is 20.6 Å². The second kappa shape index (κ2) is 5.95. The Labute approximate surface area is 119 Å². The standard InChI is InChI=1S/C15H24N4O/c1-10(14-16-8-9-17-14)18-15(20)13-7-6-11-4-2-3-5-12(11)19-13/h8-13,19H,2-7H2,1H3,(H,16,17)(H,18,20). The molecule has 2 heterocycles. The van der Waals surface area contributed by atoms with Crippen molar-refractivity contribution in [3.63, 3.8) is 0 Å². The average Bonchev–Trinajstić information content (AvgIpc) is 3.01. The Bertz CT molecular complexity index is 445. The van der Waals surface area contributed by atoms with Crippen molar-refractivity contribution >= 4 is 5.91 Å². The third-order valence-electron chi connectivity index (χ3n) is 4.76. The van der Waals surface area contributed by atoms with Crippen LogP contribution in [0.4, 0.5) is 0 Å². The molecule has 1 aromatic heterocycles. The zero-order valence-electron chi connectivity index (χ0n) is 12.1. The van der Waals surface area contributed by atoms with E-state index in [0.717, 1.165) is 18.2 Å². The van der Waals surface area contributed by atoms with Gasteiger partial charge in [-0.2, -0.15) is 0 Å². The van der Waals surface area contributed by atoms with Gasteiger partial charge in [-0.05, 0) is 38.5 Å². The van der Waals surface area contributed by atoms with Crippen LogP contribution in [0.5, 0.6) is 0 Å². The van der Waals surface area contributed by atoms with Gasteiger partial charge in [0.1, 0.15) is 5.82 Å². The quantitative estimate of drug-likeness (QED) is 0.789. The van der Waals surface area contributed by atoms with Crippen LogP contribution >= 0.6 is 0 Å². The van der Waals surface area contributed by atoms with E-state index in [0.29, 0.717) is 6.04 Å². The summed E-state index contributed by atoms with van der Waals surface area (Å²) in [6.07, 6.45) is 10.8. The van der Waals surface area contributed by atoms with Crippen molar-refractivity contribution < 1.29 is 4.79 Å². The lowest BCUT2D eigenvalue weighted by Gasteiger charge is -2.40. The first-order valence-electron chi connectivity index (χ1n) is 7.79. The first-order valence-corrected chi connectivity index (χ1v) is 7.79. The van der Waals surface area contributed by atoms with Gasteiger partial charge in [0.05, 0.1) is 12.1 Å². The van der Waals surface area contributed by atoms with Crippen LogP contribution in [-0.4, -0.2) is 28.0 Å². The fraction of sp³-hybridized carbons (Fsp3) is 0.733. The molecule has 20 heavy (non-hydrogen) atoms. The number of hydrogen-bond donors (Lipinski definition) is 3. The smallest absolute Gasteiger partial charge is 0.237 e. The minimum atomic E-state index is -0.0663. The molecule has 1 aliphatic heterocycles. The number of aromatic amines is 1. The van der Waals surface area contributed by atoms with Crippen molar-refractivity contribution in [1.29, 1.82) is 0 Å². The molecule has 5 nitrogen and oxygen atoms in total. The van der Waals surface area contributed by atoms with Crippen LogP contribution in [0.3, 0.4) is 0 Å². The van der Waals surface area contributed by atoms with Crippen molar-refractivity contribution in [3.05, 3.63) is 18.2 Å². The van der Waals surface area contributed by atoms with Crippen molar-refractivity contribution in [2.24, 2.45) is 5.92 Å². The molecule has 1 aliphatic carbocycles. The lowest BCUT2D eigenvalue weighted by molar-refractivity contribution is -0.125. The van der Waals surface area contributed by atoms with Gasteiger partial charge in [0.15, 0.2) is 0 Å². The van der Waals surface area contributed by atoms with Crippen LogP contribution in [0.25, 0.3) is 0 Å². The Morgan fingerprint density at radius 2 is 2.20 bits per heavy atom. The minimum absolute atomic E-state index is 0.0354. The molecular weight excluding hydrogens is 252 g/mol. The molecular formula is C15H24N4O. The highest BCUT2D eigenvalue weighted by atomic mass is 16.2. The number of fused-ring (bicyclic) bond motifs is 1. The number of imidazole rings is 1. The van der Waals surface area contributed by atoms with Crippen LogP contribution in [0.1, 0.15) is 57.3 Å². The summed E-state index contributed by atoms with van der Waals surface area (Å²) < 4.78 is 0. The maximum atomic E-state index is 12.4. The number of amides is 1. The molecule has 2 aliphatic rings. The summed E-state index contributed by atoms with van der Waals surface area (Å²) in [4.78, 5) is 19.6. The number of piperidine rings is 1. The number of nitrogens with zero attached hydrogens (tertiary/aromatic N) is 1. The van der Waals surface area contributed by atoms with Gasteiger partial charge in [0.25, 0.3) is 0 Å². The Morgan fingerprint density at radius 3 is 3.00 bits per heavy atom. The van der Waals surface area contributed by atoms with Crippen molar-refractivity contribution in [2.75, 3.05) is 0 Å². The molecule has 110 valence electrons. The van der Waals surface area contributed by atoms with Gasteiger partial charge in [0.2, 0.25) is 5.91 Å². The summed E-state index contributed by atoms with van der Waals surface area (Å²) in [6.45, 7) is 1.96. The highest BCUT2D eigenvalue weighted by Crippen LogP contribution is 2.32. The van der Waals surface area contributed by atoms with Crippen molar-refractivity contribution in [3.8, 4) is 0 Å². The molecule has 0 bridgehead atoms. The third kappa shape index (κ3) is 2.87. The average molecular weight is 276 g/mol. The van der Waals surface area contributed by atoms with Crippen LogP contribution in [0.2, 0.25) is 0 Å². The summed E-state index contributed by atoms with van der Waals surface area (Å²) in [5, 5.41) is 6.62. The summed E-state index contributed by atoms with van der Waals surface area (Å²) in [6, 6.07) is 0.447. The Morgan fingerprint density at radius 1 is 1.35 bits per heavy atom.